The molecule has 24 heavy (non-hydrogen) atoms. The van der Waals surface area contributed by atoms with Crippen molar-refractivity contribution in [2.24, 2.45) is 0 Å². The van der Waals surface area contributed by atoms with Crippen LogP contribution in [0.1, 0.15) is 5.56 Å². The van der Waals surface area contributed by atoms with E-state index in [9.17, 15) is 4.79 Å². The van der Waals surface area contributed by atoms with Crippen LogP contribution in [0.15, 0.2) is 72.2 Å². The molecule has 0 unspecified atom stereocenters. The van der Waals surface area contributed by atoms with Gasteiger partial charge in [-0.15, -0.1) is 11.3 Å². The van der Waals surface area contributed by atoms with E-state index in [1.807, 2.05) is 66.2 Å². The van der Waals surface area contributed by atoms with Crippen LogP contribution in [-0.4, -0.2) is 10.9 Å². The summed E-state index contributed by atoms with van der Waals surface area (Å²) >= 11 is 1.67. The third-order valence-electron chi connectivity index (χ3n) is 4.01. The fraction of sp³-hybridized carbons (Fsp3) is 0.0500. The van der Waals surface area contributed by atoms with Crippen molar-refractivity contribution in [3.8, 4) is 10.4 Å². The Morgan fingerprint density at radius 3 is 2.71 bits per heavy atom. The molecule has 0 bridgehead atoms. The van der Waals surface area contributed by atoms with E-state index >= 15 is 0 Å². The van der Waals surface area contributed by atoms with E-state index in [0.29, 0.717) is 6.42 Å². The van der Waals surface area contributed by atoms with E-state index in [-0.39, 0.29) is 5.91 Å². The number of rotatable bonds is 4. The van der Waals surface area contributed by atoms with Crippen LogP contribution in [0.3, 0.4) is 0 Å². The van der Waals surface area contributed by atoms with Gasteiger partial charge in [-0.3, -0.25) is 4.79 Å². The number of thiophene rings is 1. The first-order chi connectivity index (χ1) is 11.8. The third-order valence-corrected chi connectivity index (χ3v) is 4.92. The summed E-state index contributed by atoms with van der Waals surface area (Å²) in [5, 5.41) is 6.19. The topological polar surface area (TPSA) is 44.9 Å². The summed E-state index contributed by atoms with van der Waals surface area (Å²) in [7, 11) is 0. The Morgan fingerprint density at radius 2 is 1.83 bits per heavy atom. The first-order valence-corrected chi connectivity index (χ1v) is 8.67. The number of aromatic amines is 1. The number of hydrogen-bond donors (Lipinski definition) is 2. The van der Waals surface area contributed by atoms with E-state index in [1.165, 1.54) is 0 Å². The van der Waals surface area contributed by atoms with Crippen LogP contribution in [0.4, 0.5) is 5.69 Å². The van der Waals surface area contributed by atoms with Gasteiger partial charge in [0, 0.05) is 33.2 Å². The van der Waals surface area contributed by atoms with E-state index in [4.69, 9.17) is 0 Å². The number of fused-ring (bicyclic) bond motifs is 1. The molecular weight excluding hydrogens is 316 g/mol. The molecule has 0 saturated carbocycles. The SMILES string of the molecule is O=C(Cc1c[nH]c2ccccc12)Nc1ccccc1-c1cccs1. The highest BCUT2D eigenvalue weighted by molar-refractivity contribution is 7.13. The van der Waals surface area contributed by atoms with E-state index < -0.39 is 0 Å². The predicted octanol–water partition coefficient (Wildman–Crippen LogP) is 5.08. The van der Waals surface area contributed by atoms with E-state index in [1.54, 1.807) is 11.3 Å². The first-order valence-electron chi connectivity index (χ1n) is 7.79. The Labute approximate surface area is 144 Å². The molecule has 0 saturated heterocycles. The molecular formula is C20H16N2OS. The summed E-state index contributed by atoms with van der Waals surface area (Å²) < 4.78 is 0. The zero-order valence-corrected chi connectivity index (χ0v) is 13.8. The summed E-state index contributed by atoms with van der Waals surface area (Å²) in [5.74, 6) is -0.0104. The zero-order chi connectivity index (χ0) is 16.4. The van der Waals surface area contributed by atoms with Crippen molar-refractivity contribution in [3.63, 3.8) is 0 Å². The molecule has 0 aliphatic rings. The number of para-hydroxylation sites is 2. The van der Waals surface area contributed by atoms with E-state index in [2.05, 4.69) is 16.4 Å². The van der Waals surface area contributed by atoms with Gasteiger partial charge in [-0.05, 0) is 29.1 Å². The summed E-state index contributed by atoms with van der Waals surface area (Å²) in [6.07, 6.45) is 2.26. The first kappa shape index (κ1) is 14.7. The number of hydrogen-bond acceptors (Lipinski definition) is 2. The van der Waals surface area contributed by atoms with Crippen molar-refractivity contribution in [1.29, 1.82) is 0 Å². The van der Waals surface area contributed by atoms with Gasteiger partial charge in [0.2, 0.25) is 5.91 Å². The predicted molar refractivity (Wildman–Crippen MR) is 100 cm³/mol. The largest absolute Gasteiger partial charge is 0.361 e. The maximum atomic E-state index is 12.5. The molecule has 2 heterocycles. The molecule has 2 aromatic heterocycles. The number of carbonyl (C=O) groups is 1. The smallest absolute Gasteiger partial charge is 0.228 e. The summed E-state index contributed by atoms with van der Waals surface area (Å²) in [5.41, 5.74) is 3.97. The molecule has 4 heteroatoms. The molecule has 0 aliphatic heterocycles. The lowest BCUT2D eigenvalue weighted by molar-refractivity contribution is -0.115. The van der Waals surface area contributed by atoms with Gasteiger partial charge in [-0.1, -0.05) is 42.5 Å². The van der Waals surface area contributed by atoms with Crippen LogP contribution in [0.5, 0.6) is 0 Å². The number of carbonyl (C=O) groups excluding carboxylic acids is 1. The molecule has 4 rings (SSSR count). The number of amides is 1. The Balaban J connectivity index is 1.57. The van der Waals surface area contributed by atoms with Crippen molar-refractivity contribution in [1.82, 2.24) is 4.98 Å². The fourth-order valence-electron chi connectivity index (χ4n) is 2.88. The summed E-state index contributed by atoms with van der Waals surface area (Å²) in [6, 6.07) is 20.0. The molecule has 3 nitrogen and oxygen atoms in total. The third kappa shape index (κ3) is 2.84. The average Bonchev–Trinajstić information content (AvgIpc) is 3.26. The van der Waals surface area contributed by atoms with Gasteiger partial charge in [0.1, 0.15) is 0 Å². The van der Waals surface area contributed by atoms with Crippen LogP contribution in [0.25, 0.3) is 21.3 Å². The minimum atomic E-state index is -0.0104. The number of nitrogens with one attached hydrogen (secondary N) is 2. The second-order valence-corrected chi connectivity index (χ2v) is 6.56. The Hall–Kier alpha value is -2.85. The summed E-state index contributed by atoms with van der Waals surface area (Å²) in [6.45, 7) is 0. The van der Waals surface area contributed by atoms with Crippen LogP contribution in [0.2, 0.25) is 0 Å². The van der Waals surface area contributed by atoms with Crippen LogP contribution in [0, 0.1) is 0 Å². The maximum Gasteiger partial charge on any atom is 0.228 e. The lowest BCUT2D eigenvalue weighted by Gasteiger charge is -2.09. The Kier molecular flexibility index (Phi) is 3.89. The Bertz CT molecular complexity index is 986. The fourth-order valence-corrected chi connectivity index (χ4v) is 3.65. The highest BCUT2D eigenvalue weighted by atomic mass is 32.1. The minimum Gasteiger partial charge on any atom is -0.361 e. The average molecular weight is 332 g/mol. The molecule has 0 fully saturated rings. The molecule has 2 N–H and O–H groups in total. The van der Waals surface area contributed by atoms with Gasteiger partial charge in [0.15, 0.2) is 0 Å². The van der Waals surface area contributed by atoms with Gasteiger partial charge < -0.3 is 10.3 Å². The lowest BCUT2D eigenvalue weighted by atomic mass is 10.1. The van der Waals surface area contributed by atoms with Gasteiger partial charge in [0.05, 0.1) is 6.42 Å². The molecule has 118 valence electrons. The molecule has 0 spiro atoms. The normalized spacial score (nSPS) is 10.8. The molecule has 2 aromatic carbocycles. The molecule has 0 atom stereocenters. The molecule has 0 aliphatic carbocycles. The Morgan fingerprint density at radius 1 is 1.00 bits per heavy atom. The highest BCUT2D eigenvalue weighted by Crippen LogP contribution is 2.31. The standard InChI is InChI=1S/C20H16N2OS/c23-20(12-14-13-21-17-8-3-1-6-15(14)17)22-18-9-4-2-7-16(18)19-10-5-11-24-19/h1-11,13,21H,12H2,(H,22,23). The van der Waals surface area contributed by atoms with Crippen molar-refractivity contribution in [2.75, 3.05) is 5.32 Å². The molecule has 1 amide bonds. The summed E-state index contributed by atoms with van der Waals surface area (Å²) in [4.78, 5) is 16.9. The highest BCUT2D eigenvalue weighted by Gasteiger charge is 2.11. The quantitative estimate of drug-likeness (QED) is 0.538. The number of anilines is 1. The zero-order valence-electron chi connectivity index (χ0n) is 13.0. The number of aromatic nitrogens is 1. The van der Waals surface area contributed by atoms with Crippen molar-refractivity contribution in [2.45, 2.75) is 6.42 Å². The second-order valence-electron chi connectivity index (χ2n) is 5.61. The maximum absolute atomic E-state index is 12.5. The van der Waals surface area contributed by atoms with Gasteiger partial charge >= 0.3 is 0 Å². The second kappa shape index (κ2) is 6.34. The van der Waals surface area contributed by atoms with Gasteiger partial charge in [0.25, 0.3) is 0 Å². The minimum absolute atomic E-state index is 0.0104. The van der Waals surface area contributed by atoms with E-state index in [0.717, 1.165) is 32.6 Å². The number of benzene rings is 2. The van der Waals surface area contributed by atoms with Gasteiger partial charge in [-0.25, -0.2) is 0 Å². The van der Waals surface area contributed by atoms with Crippen molar-refractivity contribution < 1.29 is 4.79 Å². The monoisotopic (exact) mass is 332 g/mol. The van der Waals surface area contributed by atoms with Crippen molar-refractivity contribution >= 4 is 33.8 Å². The number of H-pyrrole nitrogens is 1. The lowest BCUT2D eigenvalue weighted by Crippen LogP contribution is -2.14. The van der Waals surface area contributed by atoms with Crippen LogP contribution < -0.4 is 5.32 Å². The molecule has 4 aromatic rings. The van der Waals surface area contributed by atoms with Crippen LogP contribution >= 0.6 is 11.3 Å². The van der Waals surface area contributed by atoms with Crippen LogP contribution in [-0.2, 0) is 11.2 Å². The van der Waals surface area contributed by atoms with Gasteiger partial charge in [-0.2, -0.15) is 0 Å². The molecule has 0 radical (unpaired) electrons. The van der Waals surface area contributed by atoms with Crippen molar-refractivity contribution in [3.05, 3.63) is 77.8 Å².